The van der Waals surface area contributed by atoms with Crippen molar-refractivity contribution in [1.29, 1.82) is 0 Å². The number of aryl methyl sites for hydroxylation is 2. The molecule has 2 heterocycles. The van der Waals surface area contributed by atoms with Gasteiger partial charge in [0.2, 0.25) is 0 Å². The van der Waals surface area contributed by atoms with Crippen LogP contribution in [0.1, 0.15) is 5.56 Å². The lowest BCUT2D eigenvalue weighted by Gasteiger charge is -2.12. The molecule has 0 spiro atoms. The van der Waals surface area contributed by atoms with Gasteiger partial charge in [-0.15, -0.1) is 0 Å². The first-order valence-corrected chi connectivity index (χ1v) is 8.95. The van der Waals surface area contributed by atoms with Gasteiger partial charge in [0.05, 0.1) is 23.7 Å². The Kier molecular flexibility index (Phi) is 4.19. The van der Waals surface area contributed by atoms with Crippen LogP contribution in [0.4, 0.5) is 0 Å². The predicted molar refractivity (Wildman–Crippen MR) is 110 cm³/mol. The average Bonchev–Trinajstić information content (AvgIpc) is 3.11. The molecular weight excluding hydrogens is 354 g/mol. The Morgan fingerprint density at radius 3 is 2.21 bits per heavy atom. The van der Waals surface area contributed by atoms with Crippen LogP contribution in [0.2, 0.25) is 0 Å². The van der Waals surface area contributed by atoms with Crippen LogP contribution in [0.5, 0.6) is 5.75 Å². The number of hydrogen-bond donors (Lipinski definition) is 0. The molecule has 0 atom stereocenters. The van der Waals surface area contributed by atoms with Crippen LogP contribution in [0.15, 0.2) is 64.3 Å². The number of fused-ring (bicyclic) bond motifs is 1. The molecule has 0 amide bonds. The van der Waals surface area contributed by atoms with Gasteiger partial charge in [-0.25, -0.2) is 4.79 Å². The minimum atomic E-state index is -0.347. The van der Waals surface area contributed by atoms with Crippen molar-refractivity contribution in [1.82, 2.24) is 13.7 Å². The summed E-state index contributed by atoms with van der Waals surface area (Å²) in [6.45, 7) is 2.01. The highest BCUT2D eigenvalue weighted by Crippen LogP contribution is 2.33. The third kappa shape index (κ3) is 2.57. The largest absolute Gasteiger partial charge is 0.497 e. The smallest absolute Gasteiger partial charge is 0.330 e. The summed E-state index contributed by atoms with van der Waals surface area (Å²) in [5.74, 6) is 0.751. The van der Waals surface area contributed by atoms with Crippen molar-refractivity contribution < 1.29 is 4.74 Å². The molecule has 0 N–H and O–H groups in total. The summed E-state index contributed by atoms with van der Waals surface area (Å²) in [5, 5.41) is 0.523. The minimum Gasteiger partial charge on any atom is -0.497 e. The van der Waals surface area contributed by atoms with Crippen molar-refractivity contribution in [2.75, 3.05) is 7.11 Å². The van der Waals surface area contributed by atoms with Crippen LogP contribution in [0.25, 0.3) is 27.8 Å². The maximum absolute atomic E-state index is 13.1. The van der Waals surface area contributed by atoms with Crippen LogP contribution < -0.4 is 16.0 Å². The molecule has 0 saturated heterocycles. The first-order chi connectivity index (χ1) is 13.4. The van der Waals surface area contributed by atoms with Crippen molar-refractivity contribution in [3.05, 3.63) is 81.1 Å². The fourth-order valence-corrected chi connectivity index (χ4v) is 3.59. The van der Waals surface area contributed by atoms with Crippen LogP contribution in [0, 0.1) is 6.92 Å². The minimum absolute atomic E-state index is 0.302. The molecule has 0 unspecified atom stereocenters. The van der Waals surface area contributed by atoms with Crippen molar-refractivity contribution in [2.24, 2.45) is 14.1 Å². The molecule has 2 aromatic heterocycles. The van der Waals surface area contributed by atoms with Crippen LogP contribution in [-0.4, -0.2) is 20.8 Å². The lowest BCUT2D eigenvalue weighted by atomic mass is 10.0. The first kappa shape index (κ1) is 17.9. The molecular formula is C22H21N3O3. The van der Waals surface area contributed by atoms with E-state index in [0.29, 0.717) is 10.9 Å². The van der Waals surface area contributed by atoms with Gasteiger partial charge in [0.1, 0.15) is 5.75 Å². The Hall–Kier alpha value is -3.54. The van der Waals surface area contributed by atoms with Gasteiger partial charge in [-0.2, -0.15) is 0 Å². The Bertz CT molecular complexity index is 1310. The second-order valence-electron chi connectivity index (χ2n) is 6.83. The molecule has 0 radical (unpaired) electrons. The standard InChI is InChI=1S/C22H21N3O3/c1-14-7-5-6-8-17(14)20-19-18(23(2)22(27)24(3)21(19)26)13-25(20)15-9-11-16(28-4)12-10-15/h5-13H,1-4H3. The molecule has 0 saturated carbocycles. The highest BCUT2D eigenvalue weighted by molar-refractivity contribution is 5.95. The lowest BCUT2D eigenvalue weighted by Crippen LogP contribution is -2.36. The molecule has 142 valence electrons. The fourth-order valence-electron chi connectivity index (χ4n) is 3.59. The second-order valence-corrected chi connectivity index (χ2v) is 6.83. The van der Waals surface area contributed by atoms with Gasteiger partial charge in [0.25, 0.3) is 5.56 Å². The summed E-state index contributed by atoms with van der Waals surface area (Å²) in [4.78, 5) is 25.5. The molecule has 0 bridgehead atoms. The number of methoxy groups -OCH3 is 1. The molecule has 0 aliphatic heterocycles. The molecule has 0 aliphatic rings. The summed E-state index contributed by atoms with van der Waals surface area (Å²) in [7, 11) is 4.82. The SMILES string of the molecule is COc1ccc(-n2cc3c(c2-c2ccccc2C)c(=O)n(C)c(=O)n3C)cc1. The van der Waals surface area contributed by atoms with Crippen molar-refractivity contribution in [3.63, 3.8) is 0 Å². The zero-order chi connectivity index (χ0) is 20.0. The quantitative estimate of drug-likeness (QED) is 0.553. The van der Waals surface area contributed by atoms with E-state index in [-0.39, 0.29) is 11.2 Å². The van der Waals surface area contributed by atoms with Crippen molar-refractivity contribution >= 4 is 10.9 Å². The molecule has 6 heteroatoms. The third-order valence-corrected chi connectivity index (χ3v) is 5.19. The summed E-state index contributed by atoms with van der Waals surface area (Å²) in [6.07, 6.45) is 1.85. The van der Waals surface area contributed by atoms with Crippen molar-refractivity contribution in [3.8, 4) is 22.7 Å². The van der Waals surface area contributed by atoms with Crippen LogP contribution >= 0.6 is 0 Å². The highest BCUT2D eigenvalue weighted by Gasteiger charge is 2.21. The van der Waals surface area contributed by atoms with E-state index in [0.717, 1.165) is 32.8 Å². The molecule has 0 aliphatic carbocycles. The van der Waals surface area contributed by atoms with E-state index in [1.807, 2.05) is 66.2 Å². The molecule has 4 aromatic rings. The van der Waals surface area contributed by atoms with Crippen LogP contribution in [-0.2, 0) is 14.1 Å². The number of hydrogen-bond acceptors (Lipinski definition) is 3. The first-order valence-electron chi connectivity index (χ1n) is 8.95. The van der Waals surface area contributed by atoms with Gasteiger partial charge in [0.15, 0.2) is 0 Å². The average molecular weight is 375 g/mol. The lowest BCUT2D eigenvalue weighted by molar-refractivity contribution is 0.415. The summed E-state index contributed by atoms with van der Waals surface area (Å²) in [6, 6.07) is 15.5. The number of rotatable bonds is 3. The summed E-state index contributed by atoms with van der Waals surface area (Å²) in [5.41, 5.74) is 3.60. The van der Waals surface area contributed by atoms with E-state index >= 15 is 0 Å². The number of nitrogens with zero attached hydrogens (tertiary/aromatic N) is 3. The van der Waals surface area contributed by atoms with Gasteiger partial charge in [-0.3, -0.25) is 13.9 Å². The zero-order valence-electron chi connectivity index (χ0n) is 16.3. The number of ether oxygens (including phenoxy) is 1. The highest BCUT2D eigenvalue weighted by atomic mass is 16.5. The van der Waals surface area contributed by atoms with E-state index in [9.17, 15) is 9.59 Å². The maximum Gasteiger partial charge on any atom is 0.330 e. The van der Waals surface area contributed by atoms with E-state index in [1.165, 1.54) is 11.6 Å². The van der Waals surface area contributed by atoms with E-state index in [2.05, 4.69) is 0 Å². The summed E-state index contributed by atoms with van der Waals surface area (Å²) >= 11 is 0. The normalized spacial score (nSPS) is 11.1. The van der Waals surface area contributed by atoms with Gasteiger partial charge < -0.3 is 9.30 Å². The molecule has 28 heavy (non-hydrogen) atoms. The predicted octanol–water partition coefficient (Wildman–Crippen LogP) is 3.01. The van der Waals surface area contributed by atoms with Gasteiger partial charge >= 0.3 is 5.69 Å². The molecule has 0 fully saturated rings. The fraction of sp³-hybridized carbons (Fsp3) is 0.182. The van der Waals surface area contributed by atoms with Crippen molar-refractivity contribution in [2.45, 2.75) is 6.92 Å². The molecule has 4 rings (SSSR count). The Morgan fingerprint density at radius 1 is 0.893 bits per heavy atom. The number of aromatic nitrogens is 3. The van der Waals surface area contributed by atoms with E-state index in [1.54, 1.807) is 14.2 Å². The number of benzene rings is 2. The van der Waals surface area contributed by atoms with E-state index in [4.69, 9.17) is 4.74 Å². The topological polar surface area (TPSA) is 58.2 Å². The van der Waals surface area contributed by atoms with Gasteiger partial charge in [-0.1, -0.05) is 24.3 Å². The Morgan fingerprint density at radius 2 is 1.57 bits per heavy atom. The second kappa shape index (κ2) is 6.56. The Labute approximate surface area is 161 Å². The third-order valence-electron chi connectivity index (χ3n) is 5.19. The van der Waals surface area contributed by atoms with E-state index < -0.39 is 0 Å². The monoisotopic (exact) mass is 375 g/mol. The van der Waals surface area contributed by atoms with Gasteiger partial charge in [-0.05, 0) is 36.8 Å². The van der Waals surface area contributed by atoms with Crippen LogP contribution in [0.3, 0.4) is 0 Å². The molecule has 6 nitrogen and oxygen atoms in total. The zero-order valence-corrected chi connectivity index (χ0v) is 16.3. The Balaban J connectivity index is 2.18. The van der Waals surface area contributed by atoms with Gasteiger partial charge in [0, 0.05) is 31.5 Å². The maximum atomic E-state index is 13.1. The molecule has 2 aromatic carbocycles. The summed E-state index contributed by atoms with van der Waals surface area (Å²) < 4.78 is 9.89.